The zero-order chi connectivity index (χ0) is 50.3. The average Bonchev–Trinajstić information content (AvgIpc) is 3.32. The fourth-order valence-electron chi connectivity index (χ4n) is 14.6. The van der Waals surface area contributed by atoms with Crippen LogP contribution in [0.2, 0.25) is 0 Å². The van der Waals surface area contributed by atoms with Crippen LogP contribution < -0.4 is 42.6 Å². The van der Waals surface area contributed by atoms with Crippen molar-refractivity contribution in [1.82, 2.24) is 0 Å². The molecule has 2 aliphatic heterocycles. The first-order valence-corrected chi connectivity index (χ1v) is 26.5. The first-order chi connectivity index (χ1) is 34.6. The highest BCUT2D eigenvalue weighted by atomic mass is 15.2. The summed E-state index contributed by atoms with van der Waals surface area (Å²) in [6.07, 6.45) is 0. The molecule has 2 heterocycles. The highest BCUT2D eigenvalue weighted by Crippen LogP contribution is 2.53. The van der Waals surface area contributed by atoms with Crippen LogP contribution in [0.5, 0.6) is 0 Å². The molecule has 0 atom stereocenters. The van der Waals surface area contributed by atoms with E-state index in [-0.39, 0.29) is 25.3 Å². The number of hydrogen-bond acceptors (Lipinski definition) is 2. The Bertz CT molecular complexity index is 3570. The number of nitrogens with zero attached hydrogens (tertiary/aromatic N) is 2. The minimum Gasteiger partial charge on any atom is -0.310 e. The summed E-state index contributed by atoms with van der Waals surface area (Å²) in [4.78, 5) is 5.39. The standard InChI is InChI=1S/C68H66B2N2/c1-37(2)57-49-29-31-52-60-50(58(38(3)4)64-68(52)72(66-43(9)23-20-24-44(66)10)56-28-18-16-26-54(56)70(64)62-47(13)35-40(6)36-48(62)14)30-32-51(59(49)60)67-63(57)69(61-45(11)33-39(5)34-46(61)12)53-25-15-17-27-55(53)71(67)65-41(7)21-19-22-42(65)8/h15-38H,1-14H3. The number of aryl methyl sites for hydroxylation is 10. The zero-order valence-electron chi connectivity index (χ0n) is 44.9. The predicted octanol–water partition coefficient (Wildman–Crippen LogP) is 14.5. The molecule has 0 spiro atoms. The van der Waals surface area contributed by atoms with E-state index in [1.807, 2.05) is 0 Å². The quantitative estimate of drug-likeness (QED) is 0.121. The van der Waals surface area contributed by atoms with Crippen molar-refractivity contribution in [1.29, 1.82) is 0 Å². The fourth-order valence-corrected chi connectivity index (χ4v) is 14.6. The van der Waals surface area contributed by atoms with Gasteiger partial charge in [-0.05, 0) is 170 Å². The van der Waals surface area contributed by atoms with Gasteiger partial charge in [-0.2, -0.15) is 0 Å². The number of anilines is 6. The highest BCUT2D eigenvalue weighted by molar-refractivity contribution is 7.00. The molecule has 0 saturated carbocycles. The second-order valence-corrected chi connectivity index (χ2v) is 22.5. The molecule has 12 rings (SSSR count). The average molecular weight is 933 g/mol. The van der Waals surface area contributed by atoms with Gasteiger partial charge in [0.25, 0.3) is 0 Å². The molecule has 0 aromatic heterocycles. The van der Waals surface area contributed by atoms with Gasteiger partial charge in [-0.25, -0.2) is 0 Å². The van der Waals surface area contributed by atoms with Crippen LogP contribution >= 0.6 is 0 Å². The lowest BCUT2D eigenvalue weighted by molar-refractivity contribution is 0.881. The maximum atomic E-state index is 2.69. The molecule has 0 N–H and O–H groups in total. The van der Waals surface area contributed by atoms with E-state index in [0.717, 1.165) is 0 Å². The lowest BCUT2D eigenvalue weighted by Crippen LogP contribution is -2.60. The third kappa shape index (κ3) is 6.49. The van der Waals surface area contributed by atoms with Crippen LogP contribution in [-0.2, 0) is 0 Å². The SMILES string of the molecule is Cc1cc(C)c(B2c3ccccc3N(c3c(C)cccc3C)c3c2c(C(C)C)c2ccc4c5c(c(C(C)C)c6ccc3c2c64)B(c2c(C)cc(C)cc2C)c2ccccc2N5c2c(C)cccc2C)c(C)c1. The number of benzene rings is 10. The van der Waals surface area contributed by atoms with Crippen LogP contribution in [0.3, 0.4) is 0 Å². The Balaban J connectivity index is 1.33. The molecule has 0 bridgehead atoms. The van der Waals surface area contributed by atoms with E-state index in [1.165, 1.54) is 166 Å². The summed E-state index contributed by atoms with van der Waals surface area (Å²) in [7, 11) is 0. The van der Waals surface area contributed by atoms with Crippen LogP contribution in [0.1, 0.15) is 106 Å². The van der Waals surface area contributed by atoms with Crippen molar-refractivity contribution >= 4 is 113 Å². The van der Waals surface area contributed by atoms with Gasteiger partial charge in [0.1, 0.15) is 0 Å². The van der Waals surface area contributed by atoms with Gasteiger partial charge in [0.15, 0.2) is 0 Å². The topological polar surface area (TPSA) is 6.48 Å². The van der Waals surface area contributed by atoms with Gasteiger partial charge in [0.2, 0.25) is 13.4 Å². The Morgan fingerprint density at radius 1 is 0.319 bits per heavy atom. The lowest BCUT2D eigenvalue weighted by atomic mass is 9.32. The third-order valence-corrected chi connectivity index (χ3v) is 16.9. The van der Waals surface area contributed by atoms with Gasteiger partial charge in [0.05, 0.1) is 11.4 Å². The van der Waals surface area contributed by atoms with E-state index in [4.69, 9.17) is 0 Å². The van der Waals surface area contributed by atoms with E-state index in [2.05, 4.69) is 240 Å². The maximum absolute atomic E-state index is 2.69. The normalized spacial score (nSPS) is 13.3. The Labute approximate surface area is 429 Å². The molecule has 0 aliphatic carbocycles. The molecule has 0 radical (unpaired) electrons. The Hall–Kier alpha value is -7.03. The number of fused-ring (bicyclic) bond motifs is 6. The zero-order valence-corrected chi connectivity index (χ0v) is 44.9. The van der Waals surface area contributed by atoms with E-state index >= 15 is 0 Å². The first kappa shape index (κ1) is 46.1. The van der Waals surface area contributed by atoms with E-state index in [0.29, 0.717) is 0 Å². The van der Waals surface area contributed by atoms with E-state index in [1.54, 1.807) is 0 Å². The summed E-state index contributed by atoms with van der Waals surface area (Å²) in [6.45, 7) is 32.9. The maximum Gasteiger partial charge on any atom is 0.247 e. The molecule has 72 heavy (non-hydrogen) atoms. The minimum atomic E-state index is 0.0356. The number of hydrogen-bond donors (Lipinski definition) is 0. The Morgan fingerprint density at radius 3 is 0.972 bits per heavy atom. The van der Waals surface area contributed by atoms with Crippen molar-refractivity contribution in [2.75, 3.05) is 9.80 Å². The van der Waals surface area contributed by atoms with Crippen LogP contribution in [0.25, 0.3) is 32.3 Å². The summed E-state index contributed by atoms with van der Waals surface area (Å²) in [5.41, 5.74) is 32.2. The molecular weight excluding hydrogens is 866 g/mol. The molecule has 4 heteroatoms. The molecular formula is C68H66B2N2. The van der Waals surface area contributed by atoms with Gasteiger partial charge in [-0.1, -0.05) is 193 Å². The second kappa shape index (κ2) is 16.8. The Morgan fingerprint density at radius 2 is 0.639 bits per heavy atom. The van der Waals surface area contributed by atoms with E-state index in [9.17, 15) is 0 Å². The highest BCUT2D eigenvalue weighted by Gasteiger charge is 2.44. The molecule has 10 aromatic carbocycles. The number of rotatable bonds is 6. The molecule has 2 aliphatic rings. The third-order valence-electron chi connectivity index (χ3n) is 16.9. The lowest BCUT2D eigenvalue weighted by Gasteiger charge is -2.43. The minimum absolute atomic E-state index is 0.0356. The summed E-state index contributed by atoms with van der Waals surface area (Å²) in [5.74, 6) is 0.464. The van der Waals surface area contributed by atoms with Gasteiger partial charge >= 0.3 is 0 Å². The van der Waals surface area contributed by atoms with Crippen LogP contribution in [0, 0.1) is 69.2 Å². The van der Waals surface area contributed by atoms with Crippen molar-refractivity contribution in [2.24, 2.45) is 0 Å². The summed E-state index contributed by atoms with van der Waals surface area (Å²) < 4.78 is 0. The van der Waals surface area contributed by atoms with Crippen molar-refractivity contribution < 1.29 is 0 Å². The molecule has 0 saturated heterocycles. The molecule has 0 amide bonds. The van der Waals surface area contributed by atoms with Gasteiger partial charge < -0.3 is 9.80 Å². The fraction of sp³-hybridized carbons (Fsp3) is 0.235. The van der Waals surface area contributed by atoms with Crippen molar-refractivity contribution in [3.63, 3.8) is 0 Å². The predicted molar refractivity (Wildman–Crippen MR) is 317 cm³/mol. The largest absolute Gasteiger partial charge is 0.310 e. The summed E-state index contributed by atoms with van der Waals surface area (Å²) in [5, 5.41) is 8.14. The first-order valence-electron chi connectivity index (χ1n) is 26.5. The van der Waals surface area contributed by atoms with Crippen molar-refractivity contribution in [3.05, 3.63) is 200 Å². The molecule has 0 fully saturated rings. The van der Waals surface area contributed by atoms with Gasteiger partial charge in [0, 0.05) is 33.5 Å². The van der Waals surface area contributed by atoms with Crippen LogP contribution in [-0.4, -0.2) is 13.4 Å². The van der Waals surface area contributed by atoms with Crippen molar-refractivity contribution in [3.8, 4) is 0 Å². The molecule has 0 unspecified atom stereocenters. The smallest absolute Gasteiger partial charge is 0.247 e. The molecule has 2 nitrogen and oxygen atoms in total. The molecule has 10 aromatic rings. The summed E-state index contributed by atoms with van der Waals surface area (Å²) >= 11 is 0. The van der Waals surface area contributed by atoms with Crippen LogP contribution in [0.4, 0.5) is 34.1 Å². The van der Waals surface area contributed by atoms with Crippen LogP contribution in [0.15, 0.2) is 133 Å². The van der Waals surface area contributed by atoms with Gasteiger partial charge in [-0.3, -0.25) is 0 Å². The van der Waals surface area contributed by atoms with E-state index < -0.39 is 0 Å². The molecule has 354 valence electrons. The summed E-state index contributed by atoms with van der Waals surface area (Å²) in [6, 6.07) is 52.2. The number of para-hydroxylation sites is 4. The second-order valence-electron chi connectivity index (χ2n) is 22.5. The van der Waals surface area contributed by atoms with Gasteiger partial charge in [-0.15, -0.1) is 0 Å². The van der Waals surface area contributed by atoms with Crippen molar-refractivity contribution in [2.45, 2.75) is 109 Å². The Kier molecular flexibility index (Phi) is 10.7. The monoisotopic (exact) mass is 933 g/mol.